The summed E-state index contributed by atoms with van der Waals surface area (Å²) in [6.45, 7) is 0. The molecule has 0 aliphatic rings. The van der Waals surface area contributed by atoms with Gasteiger partial charge in [-0.15, -0.1) is 0 Å². The molecule has 0 fully saturated rings. The minimum absolute atomic E-state index is 0.153. The molecule has 5 N–H and O–H groups in total. The standard InChI is InChI=1S/C4H11N5/c1-9(2)4(7)8-3(5)6/h1-2H3,(H5,5,6,7,8)/i1D/hD2. The van der Waals surface area contributed by atoms with Crippen LogP contribution in [0.15, 0.2) is 0 Å². The average molecular weight is 132 g/mol. The Bertz CT molecular complexity index is 193. The maximum absolute atomic E-state index is 7.23. The maximum Gasteiger partial charge on any atom is 0.197 e. The van der Waals surface area contributed by atoms with Crippen LogP contribution < -0.4 is 11.0 Å². The van der Waals surface area contributed by atoms with Gasteiger partial charge in [0.05, 0.1) is 0 Å². The molecule has 0 saturated carbocycles. The molecule has 5 heteroatoms. The molecule has 0 bridgehead atoms. The SMILES string of the molecule is [2H]CN(C)C(=N)N([2H])C(N)=N[2H]. The Morgan fingerprint density at radius 1 is 2.11 bits per heavy atom. The first-order chi connectivity index (χ1) is 5.54. The molecular formula is C4H11N5. The lowest BCUT2D eigenvalue weighted by atomic mass is 10.8. The highest BCUT2D eigenvalue weighted by Gasteiger charge is 1.96. The van der Waals surface area contributed by atoms with Crippen molar-refractivity contribution in [1.82, 2.24) is 10.2 Å². The predicted molar refractivity (Wildman–Crippen MR) is 36.5 cm³/mol. The van der Waals surface area contributed by atoms with Crippen molar-refractivity contribution < 1.29 is 4.19 Å². The summed E-state index contributed by atoms with van der Waals surface area (Å²) in [4.78, 5) is 1.17. The van der Waals surface area contributed by atoms with Crippen molar-refractivity contribution in [2.24, 2.45) is 5.73 Å². The van der Waals surface area contributed by atoms with E-state index >= 15 is 0 Å². The molecule has 0 rings (SSSR count). The van der Waals surface area contributed by atoms with E-state index in [2.05, 4.69) is 5.40 Å². The van der Waals surface area contributed by atoms with Gasteiger partial charge in [0.15, 0.2) is 14.7 Å². The van der Waals surface area contributed by atoms with Gasteiger partial charge in [-0.1, -0.05) is 0 Å². The molecule has 52 valence electrons. The summed E-state index contributed by atoms with van der Waals surface area (Å²) in [5.74, 6) is -0.696. The molecule has 0 aromatic heterocycles. The van der Waals surface area contributed by atoms with Crippen LogP contribution >= 0.6 is 0 Å². The summed E-state index contributed by atoms with van der Waals surface area (Å²) in [5, 5.41) is 10.5. The Hall–Kier alpha value is -1.26. The van der Waals surface area contributed by atoms with Gasteiger partial charge in [-0.25, -0.2) is 0 Å². The minimum Gasteiger partial charge on any atom is -0.370 e. The Morgan fingerprint density at radius 3 is 3.22 bits per heavy atom. The highest BCUT2D eigenvalue weighted by Crippen LogP contribution is 1.70. The van der Waals surface area contributed by atoms with E-state index in [-0.39, 0.29) is 13.0 Å². The van der Waals surface area contributed by atoms with Gasteiger partial charge < -0.3 is 10.6 Å². The predicted octanol–water partition coefficient (Wildman–Crippen LogP) is -1.03. The minimum atomic E-state index is -0.402. The molecule has 0 saturated heterocycles. The molecule has 0 atom stereocenters. The number of hydrogen-bond donors (Lipinski definition) is 4. The third-order valence-corrected chi connectivity index (χ3v) is 0.582. The van der Waals surface area contributed by atoms with Gasteiger partial charge in [-0.05, 0) is 0 Å². The van der Waals surface area contributed by atoms with E-state index in [1.165, 1.54) is 11.9 Å². The van der Waals surface area contributed by atoms with Gasteiger partial charge in [0, 0.05) is 15.4 Å². The van der Waals surface area contributed by atoms with E-state index in [0.29, 0.717) is 5.31 Å². The Labute approximate surface area is 58.2 Å². The maximum atomic E-state index is 7.23. The van der Waals surface area contributed by atoms with Crippen LogP contribution in [0.1, 0.15) is 1.37 Å². The summed E-state index contributed by atoms with van der Waals surface area (Å²) < 4.78 is 20.5. The molecule has 0 aliphatic heterocycles. The summed E-state index contributed by atoms with van der Waals surface area (Å²) in [5.41, 5.74) is 5.08. The van der Waals surface area contributed by atoms with Crippen molar-refractivity contribution in [1.29, 1.82) is 10.8 Å². The molecule has 5 nitrogen and oxygen atoms in total. The Balaban J connectivity index is 4.29. The van der Waals surface area contributed by atoms with Crippen LogP contribution in [0.4, 0.5) is 0 Å². The van der Waals surface area contributed by atoms with E-state index in [1.54, 1.807) is 0 Å². The number of nitrogens with two attached hydrogens (primary N) is 1. The topological polar surface area (TPSA) is 89.0 Å². The third-order valence-electron chi connectivity index (χ3n) is 0.582. The lowest BCUT2D eigenvalue weighted by Gasteiger charge is -2.13. The van der Waals surface area contributed by atoms with Crippen LogP contribution in [0.2, 0.25) is 2.82 Å². The van der Waals surface area contributed by atoms with Crippen molar-refractivity contribution >= 4 is 11.9 Å². The molecular weight excluding hydrogens is 118 g/mol. The normalized spacial score (nSPS) is 15.2. The summed E-state index contributed by atoms with van der Waals surface area (Å²) in [6, 6.07) is 0. The zero-order valence-electron chi connectivity index (χ0n) is 8.13. The van der Waals surface area contributed by atoms with Crippen molar-refractivity contribution in [3.8, 4) is 0 Å². The molecule has 0 unspecified atom stereocenters. The van der Waals surface area contributed by atoms with Gasteiger partial charge in [0.25, 0.3) is 0 Å². The number of nitrogens with zero attached hydrogens (tertiary/aromatic N) is 1. The lowest BCUT2D eigenvalue weighted by molar-refractivity contribution is 0.599. The largest absolute Gasteiger partial charge is 0.370 e. The van der Waals surface area contributed by atoms with Crippen molar-refractivity contribution in [3.63, 3.8) is 0 Å². The summed E-state index contributed by atoms with van der Waals surface area (Å²) >= 11 is 0. The zero-order valence-corrected chi connectivity index (χ0v) is 5.13. The monoisotopic (exact) mass is 132 g/mol. The van der Waals surface area contributed by atoms with Crippen LogP contribution in [0.5, 0.6) is 0 Å². The van der Waals surface area contributed by atoms with Crippen LogP contribution in [-0.2, 0) is 0 Å². The van der Waals surface area contributed by atoms with Gasteiger partial charge in [-0.2, -0.15) is 0 Å². The van der Waals surface area contributed by atoms with E-state index in [1.807, 2.05) is 0 Å². The number of nitrogens with one attached hydrogen (secondary N) is 3. The molecule has 0 aromatic carbocycles. The highest BCUT2D eigenvalue weighted by molar-refractivity contribution is 5.94. The molecule has 0 heterocycles. The molecule has 0 radical (unpaired) electrons. The first-order valence-corrected chi connectivity index (χ1v) is 2.20. The van der Waals surface area contributed by atoms with Gasteiger partial charge >= 0.3 is 0 Å². The van der Waals surface area contributed by atoms with Crippen LogP contribution in [0, 0.1) is 10.8 Å². The van der Waals surface area contributed by atoms with E-state index in [9.17, 15) is 0 Å². The Kier molecular flexibility index (Phi) is 1.20. The fourth-order valence-electron chi connectivity index (χ4n) is 0.194. The van der Waals surface area contributed by atoms with E-state index in [0.717, 1.165) is 0 Å². The molecule has 0 aromatic rings. The van der Waals surface area contributed by atoms with Crippen LogP contribution in [0.3, 0.4) is 0 Å². The molecule has 0 amide bonds. The fraction of sp³-hybridized carbons (Fsp3) is 0.500. The quantitative estimate of drug-likeness (QED) is 0.251. The molecule has 9 heavy (non-hydrogen) atoms. The zero-order chi connectivity index (χ0) is 9.72. The van der Waals surface area contributed by atoms with E-state index in [4.69, 9.17) is 15.3 Å². The summed E-state index contributed by atoms with van der Waals surface area (Å²) in [6.07, 6.45) is 0. The van der Waals surface area contributed by atoms with Crippen LogP contribution in [-0.4, -0.2) is 30.9 Å². The average Bonchev–Trinajstić information content (AvgIpc) is 2.12. The van der Waals surface area contributed by atoms with E-state index < -0.39 is 5.96 Å². The van der Waals surface area contributed by atoms with Gasteiger partial charge in [-0.3, -0.25) is 16.1 Å². The lowest BCUT2D eigenvalue weighted by Crippen LogP contribution is -2.42. The smallest absolute Gasteiger partial charge is 0.197 e. The van der Waals surface area contributed by atoms with Gasteiger partial charge in [0.1, 0.15) is 0 Å². The first-order valence-electron chi connectivity index (χ1n) is 3.80. The first kappa shape index (κ1) is 3.71. The number of rotatable bonds is 0. The number of hydrogen-bond acceptors (Lipinski definition) is 2. The number of guanidine groups is 2. The van der Waals surface area contributed by atoms with Crippen molar-refractivity contribution in [3.05, 3.63) is 0 Å². The fourth-order valence-corrected chi connectivity index (χ4v) is 0.194. The second kappa shape index (κ2) is 2.91. The third kappa shape index (κ3) is 3.33. The molecule has 0 spiro atoms. The van der Waals surface area contributed by atoms with Gasteiger partial charge in [0.2, 0.25) is 0 Å². The van der Waals surface area contributed by atoms with Crippen molar-refractivity contribution in [2.45, 2.75) is 0 Å². The highest BCUT2D eigenvalue weighted by atomic mass is 15.3. The van der Waals surface area contributed by atoms with Crippen LogP contribution in [0.25, 0.3) is 0 Å². The second-order valence-corrected chi connectivity index (χ2v) is 1.49. The summed E-state index contributed by atoms with van der Waals surface area (Å²) in [7, 11) is 1.31. The molecule has 0 aliphatic carbocycles. The van der Waals surface area contributed by atoms with Crippen molar-refractivity contribution in [2.75, 3.05) is 14.1 Å². The second-order valence-electron chi connectivity index (χ2n) is 1.49. The Morgan fingerprint density at radius 2 is 2.78 bits per heavy atom.